The molecule has 1 rings (SSSR count). The van der Waals surface area contributed by atoms with E-state index in [1.165, 1.54) is 0 Å². The highest BCUT2D eigenvalue weighted by Gasteiger charge is 2.07. The first-order chi connectivity index (χ1) is 4.34. The Balaban J connectivity index is 2.90. The van der Waals surface area contributed by atoms with Gasteiger partial charge in [0.1, 0.15) is 5.94 Å². The summed E-state index contributed by atoms with van der Waals surface area (Å²) in [7, 11) is 0. The van der Waals surface area contributed by atoms with E-state index in [1.807, 2.05) is 0 Å². The number of alkyl halides is 1. The second kappa shape index (κ2) is 2.67. The molecule has 0 aliphatic heterocycles. The summed E-state index contributed by atoms with van der Waals surface area (Å²) in [5.41, 5.74) is 0.374. The highest BCUT2D eigenvalue weighted by atomic mass is 35.5. The van der Waals surface area contributed by atoms with Crippen molar-refractivity contribution in [1.29, 1.82) is 0 Å². The molecule has 0 saturated heterocycles. The SMILES string of the molecule is O=C=C1[C]=CC=CC1Cl. The summed E-state index contributed by atoms with van der Waals surface area (Å²) in [6, 6.07) is 0. The molecule has 0 spiro atoms. The molecule has 0 saturated carbocycles. The number of carbonyl (C=O) groups excluding carboxylic acids is 1. The van der Waals surface area contributed by atoms with E-state index >= 15 is 0 Å². The van der Waals surface area contributed by atoms with Crippen LogP contribution in [-0.4, -0.2) is 11.3 Å². The Morgan fingerprint density at radius 3 is 3.00 bits per heavy atom. The Labute approximate surface area is 58.3 Å². The molecule has 1 radical (unpaired) electrons. The lowest BCUT2D eigenvalue weighted by molar-refractivity contribution is 0.567. The van der Waals surface area contributed by atoms with Crippen molar-refractivity contribution < 1.29 is 4.79 Å². The molecule has 0 N–H and O–H groups in total. The van der Waals surface area contributed by atoms with Crippen LogP contribution in [0.15, 0.2) is 23.8 Å². The number of halogens is 1. The third-order valence-electron chi connectivity index (χ3n) is 1.00. The van der Waals surface area contributed by atoms with Gasteiger partial charge in [0.25, 0.3) is 0 Å². The first-order valence-corrected chi connectivity index (χ1v) is 2.94. The van der Waals surface area contributed by atoms with E-state index in [2.05, 4.69) is 6.08 Å². The smallest absolute Gasteiger partial charge is 0.130 e. The van der Waals surface area contributed by atoms with E-state index in [9.17, 15) is 4.79 Å². The average molecular weight is 140 g/mol. The Kier molecular flexibility index (Phi) is 1.88. The van der Waals surface area contributed by atoms with Crippen LogP contribution in [0.3, 0.4) is 0 Å². The standard InChI is InChI=1S/C7H4ClO/c8-7-4-2-1-3-6(7)5-9/h1-2,4,7H. The van der Waals surface area contributed by atoms with Gasteiger partial charge in [0, 0.05) is 0 Å². The zero-order valence-electron chi connectivity index (χ0n) is 4.60. The van der Waals surface area contributed by atoms with Gasteiger partial charge in [0.2, 0.25) is 0 Å². The van der Waals surface area contributed by atoms with Gasteiger partial charge in [-0.2, -0.15) is 0 Å². The molecule has 1 aliphatic carbocycles. The van der Waals surface area contributed by atoms with Crippen molar-refractivity contribution in [3.8, 4) is 0 Å². The molecule has 2 heteroatoms. The zero-order valence-corrected chi connectivity index (χ0v) is 5.35. The lowest BCUT2D eigenvalue weighted by Gasteiger charge is -2.01. The summed E-state index contributed by atoms with van der Waals surface area (Å²) in [6.07, 6.45) is 7.76. The highest BCUT2D eigenvalue weighted by molar-refractivity contribution is 6.24. The zero-order chi connectivity index (χ0) is 6.69. The monoisotopic (exact) mass is 139 g/mol. The maximum absolute atomic E-state index is 10.0. The number of hydrogen-bond acceptors (Lipinski definition) is 1. The summed E-state index contributed by atoms with van der Waals surface area (Å²) in [5.74, 6) is 1.69. The van der Waals surface area contributed by atoms with Crippen LogP contribution in [0.5, 0.6) is 0 Å². The van der Waals surface area contributed by atoms with E-state index in [4.69, 9.17) is 11.6 Å². The Morgan fingerprint density at radius 1 is 1.78 bits per heavy atom. The maximum atomic E-state index is 10.0. The van der Waals surface area contributed by atoms with Gasteiger partial charge < -0.3 is 0 Å². The fourth-order valence-electron chi connectivity index (χ4n) is 0.553. The van der Waals surface area contributed by atoms with Crippen LogP contribution in [0.1, 0.15) is 0 Å². The van der Waals surface area contributed by atoms with Crippen LogP contribution >= 0.6 is 11.6 Å². The Hall–Kier alpha value is -0.780. The lowest BCUT2D eigenvalue weighted by Crippen LogP contribution is -1.99. The van der Waals surface area contributed by atoms with Crippen LogP contribution in [0, 0.1) is 6.08 Å². The minimum atomic E-state index is -0.340. The van der Waals surface area contributed by atoms with Gasteiger partial charge in [-0.05, 0) is 6.08 Å². The minimum absolute atomic E-state index is 0.340. The molecule has 0 bridgehead atoms. The predicted molar refractivity (Wildman–Crippen MR) is 35.8 cm³/mol. The van der Waals surface area contributed by atoms with Crippen molar-refractivity contribution in [2.24, 2.45) is 0 Å². The third kappa shape index (κ3) is 1.32. The van der Waals surface area contributed by atoms with E-state index in [0.717, 1.165) is 0 Å². The Morgan fingerprint density at radius 2 is 2.56 bits per heavy atom. The molecule has 1 nitrogen and oxygen atoms in total. The second-order valence-electron chi connectivity index (χ2n) is 1.61. The van der Waals surface area contributed by atoms with Crippen molar-refractivity contribution in [2.75, 3.05) is 0 Å². The summed E-state index contributed by atoms with van der Waals surface area (Å²) in [4.78, 5) is 10.0. The van der Waals surface area contributed by atoms with Gasteiger partial charge in [-0.15, -0.1) is 11.6 Å². The summed E-state index contributed by atoms with van der Waals surface area (Å²) in [6.45, 7) is 0. The van der Waals surface area contributed by atoms with Crippen molar-refractivity contribution >= 4 is 17.5 Å². The largest absolute Gasteiger partial charge is 0.233 e. The molecule has 45 valence electrons. The first-order valence-electron chi connectivity index (χ1n) is 2.50. The average Bonchev–Trinajstić information content (AvgIpc) is 1.89. The van der Waals surface area contributed by atoms with Gasteiger partial charge in [0.05, 0.1) is 11.0 Å². The maximum Gasteiger partial charge on any atom is 0.130 e. The van der Waals surface area contributed by atoms with Crippen molar-refractivity contribution in [3.05, 3.63) is 29.9 Å². The molecule has 0 aromatic carbocycles. The lowest BCUT2D eigenvalue weighted by atomic mass is 10.1. The molecular weight excluding hydrogens is 136 g/mol. The normalized spacial score (nSPS) is 24.1. The molecule has 9 heavy (non-hydrogen) atoms. The van der Waals surface area contributed by atoms with E-state index in [-0.39, 0.29) is 5.38 Å². The van der Waals surface area contributed by atoms with Crippen LogP contribution in [0.25, 0.3) is 0 Å². The van der Waals surface area contributed by atoms with Crippen LogP contribution in [0.2, 0.25) is 0 Å². The van der Waals surface area contributed by atoms with Crippen LogP contribution in [0.4, 0.5) is 0 Å². The van der Waals surface area contributed by atoms with Crippen molar-refractivity contribution in [1.82, 2.24) is 0 Å². The fraction of sp³-hybridized carbons (Fsp3) is 0.143. The van der Waals surface area contributed by atoms with Crippen molar-refractivity contribution in [2.45, 2.75) is 5.38 Å². The highest BCUT2D eigenvalue weighted by Crippen LogP contribution is 2.12. The van der Waals surface area contributed by atoms with Gasteiger partial charge >= 0.3 is 0 Å². The number of hydrogen-bond donors (Lipinski definition) is 0. The quantitative estimate of drug-likeness (QED) is 0.365. The molecule has 1 atom stereocenters. The van der Waals surface area contributed by atoms with Crippen molar-refractivity contribution in [3.63, 3.8) is 0 Å². The van der Waals surface area contributed by atoms with Crippen LogP contribution in [-0.2, 0) is 4.79 Å². The molecule has 1 unspecified atom stereocenters. The molecule has 0 aromatic rings. The molecule has 0 heterocycles. The van der Waals surface area contributed by atoms with E-state index in [0.29, 0.717) is 5.57 Å². The molecule has 0 fully saturated rings. The van der Waals surface area contributed by atoms with E-state index < -0.39 is 0 Å². The second-order valence-corrected chi connectivity index (χ2v) is 2.08. The topological polar surface area (TPSA) is 17.1 Å². The summed E-state index contributed by atoms with van der Waals surface area (Å²) in [5, 5.41) is -0.340. The van der Waals surface area contributed by atoms with Gasteiger partial charge in [-0.25, -0.2) is 4.79 Å². The first kappa shape index (κ1) is 6.34. The summed E-state index contributed by atoms with van der Waals surface area (Å²) >= 11 is 5.61. The molecule has 0 amide bonds. The number of allylic oxidation sites excluding steroid dienone is 5. The number of rotatable bonds is 0. The van der Waals surface area contributed by atoms with Crippen LogP contribution < -0.4 is 0 Å². The Bertz CT molecular complexity index is 209. The molecule has 1 aliphatic rings. The van der Waals surface area contributed by atoms with Gasteiger partial charge in [0.15, 0.2) is 0 Å². The van der Waals surface area contributed by atoms with E-state index in [1.54, 1.807) is 24.2 Å². The predicted octanol–water partition coefficient (Wildman–Crippen LogP) is 1.28. The molecule has 0 aromatic heterocycles. The third-order valence-corrected chi connectivity index (χ3v) is 1.36. The molecular formula is C7H4ClO. The van der Waals surface area contributed by atoms with Gasteiger partial charge in [-0.3, -0.25) is 0 Å². The minimum Gasteiger partial charge on any atom is -0.233 e. The fourth-order valence-corrected chi connectivity index (χ4v) is 0.744. The van der Waals surface area contributed by atoms with Gasteiger partial charge in [-0.1, -0.05) is 18.2 Å². The summed E-state index contributed by atoms with van der Waals surface area (Å²) < 4.78 is 0.